The monoisotopic (exact) mass is 146 g/mol. The van der Waals surface area contributed by atoms with Crippen LogP contribution < -0.4 is 0 Å². The van der Waals surface area contributed by atoms with E-state index in [2.05, 4.69) is 4.74 Å². The lowest BCUT2D eigenvalue weighted by molar-refractivity contribution is -0.124. The Morgan fingerprint density at radius 3 is 3.22 bits per heavy atom. The molecule has 3 nitrogen and oxygen atoms in total. The van der Waals surface area contributed by atoms with Gasteiger partial charge in [-0.05, 0) is 6.08 Å². The molecule has 1 N–H and O–H groups in total. The van der Waals surface area contributed by atoms with Crippen LogP contribution in [0.2, 0.25) is 0 Å². The Morgan fingerprint density at radius 1 is 2.00 bits per heavy atom. The summed E-state index contributed by atoms with van der Waals surface area (Å²) in [5, 5.41) is 8.82. The van der Waals surface area contributed by atoms with Crippen molar-refractivity contribution in [1.29, 1.82) is 0 Å². The first-order valence-corrected chi connectivity index (χ1v) is 3.48. The van der Waals surface area contributed by atoms with E-state index in [0.29, 0.717) is 18.0 Å². The van der Waals surface area contributed by atoms with Gasteiger partial charge >= 0.3 is 0 Å². The highest BCUT2D eigenvalue weighted by atomic mass is 32.2. The molecule has 0 radical (unpaired) electrons. The van der Waals surface area contributed by atoms with Crippen molar-refractivity contribution < 1.29 is 14.6 Å². The third-order valence-electron chi connectivity index (χ3n) is 0.924. The molecule has 0 saturated heterocycles. The zero-order valence-electron chi connectivity index (χ0n) is 4.61. The van der Waals surface area contributed by atoms with Crippen molar-refractivity contribution >= 4 is 18.2 Å². The van der Waals surface area contributed by atoms with Gasteiger partial charge in [0.1, 0.15) is 11.2 Å². The number of carbonyl (C=O) groups is 1. The Balaban J connectivity index is 2.41. The number of ether oxygens (including phenoxy) is 1. The summed E-state index contributed by atoms with van der Waals surface area (Å²) in [6.45, 7) is 0.366. The SMILES string of the molecule is O=COC1=CC(O)SC1. The van der Waals surface area contributed by atoms with Crippen molar-refractivity contribution in [2.45, 2.75) is 5.44 Å². The molecule has 0 bridgehead atoms. The molecule has 0 saturated carbocycles. The van der Waals surface area contributed by atoms with Crippen molar-refractivity contribution in [2.24, 2.45) is 0 Å². The molecule has 1 aliphatic rings. The van der Waals surface area contributed by atoms with E-state index in [-0.39, 0.29) is 0 Å². The zero-order chi connectivity index (χ0) is 6.69. The average molecular weight is 146 g/mol. The highest BCUT2D eigenvalue weighted by molar-refractivity contribution is 8.00. The first kappa shape index (κ1) is 6.64. The van der Waals surface area contributed by atoms with E-state index in [4.69, 9.17) is 5.11 Å². The molecular weight excluding hydrogens is 140 g/mol. The van der Waals surface area contributed by atoms with E-state index in [0.717, 1.165) is 0 Å². The summed E-state index contributed by atoms with van der Waals surface area (Å²) in [6.07, 6.45) is 1.51. The van der Waals surface area contributed by atoms with Gasteiger partial charge in [-0.15, -0.1) is 11.8 Å². The van der Waals surface area contributed by atoms with E-state index >= 15 is 0 Å². The van der Waals surface area contributed by atoms with Gasteiger partial charge in [-0.3, -0.25) is 4.79 Å². The summed E-state index contributed by atoms with van der Waals surface area (Å²) in [7, 11) is 0. The normalized spacial score (nSPS) is 25.4. The Hall–Kier alpha value is -0.480. The Morgan fingerprint density at radius 2 is 2.78 bits per heavy atom. The van der Waals surface area contributed by atoms with Crippen molar-refractivity contribution in [3.63, 3.8) is 0 Å². The minimum Gasteiger partial charge on any atom is -0.433 e. The summed E-state index contributed by atoms with van der Waals surface area (Å²) in [4.78, 5) is 9.71. The Bertz CT molecular complexity index is 143. The number of rotatable bonds is 2. The minimum absolute atomic E-state index is 0.366. The molecule has 50 valence electrons. The van der Waals surface area contributed by atoms with Crippen LogP contribution in [-0.4, -0.2) is 22.8 Å². The van der Waals surface area contributed by atoms with Crippen LogP contribution in [0, 0.1) is 0 Å². The number of thioether (sulfide) groups is 1. The highest BCUT2D eigenvalue weighted by Crippen LogP contribution is 2.22. The summed E-state index contributed by atoms with van der Waals surface area (Å²) < 4.78 is 4.47. The molecule has 9 heavy (non-hydrogen) atoms. The first-order valence-electron chi connectivity index (χ1n) is 2.43. The van der Waals surface area contributed by atoms with Gasteiger partial charge in [0.15, 0.2) is 0 Å². The zero-order valence-corrected chi connectivity index (χ0v) is 5.43. The van der Waals surface area contributed by atoms with Crippen LogP contribution in [0.3, 0.4) is 0 Å². The number of aliphatic hydroxyl groups excluding tert-OH is 1. The lowest BCUT2D eigenvalue weighted by Gasteiger charge is -1.91. The van der Waals surface area contributed by atoms with Gasteiger partial charge in [0.25, 0.3) is 6.47 Å². The number of carbonyl (C=O) groups excluding carboxylic acids is 1. The van der Waals surface area contributed by atoms with Crippen LogP contribution in [0.5, 0.6) is 0 Å². The fourth-order valence-corrected chi connectivity index (χ4v) is 1.31. The van der Waals surface area contributed by atoms with E-state index in [9.17, 15) is 4.79 Å². The highest BCUT2D eigenvalue weighted by Gasteiger charge is 2.13. The van der Waals surface area contributed by atoms with Crippen LogP contribution >= 0.6 is 11.8 Å². The minimum atomic E-state index is -0.500. The predicted molar refractivity (Wildman–Crippen MR) is 33.7 cm³/mol. The van der Waals surface area contributed by atoms with Crippen LogP contribution in [0.4, 0.5) is 0 Å². The number of aliphatic hydroxyl groups is 1. The first-order chi connectivity index (χ1) is 4.33. The third-order valence-corrected chi connectivity index (χ3v) is 1.85. The van der Waals surface area contributed by atoms with Gasteiger partial charge in [-0.1, -0.05) is 0 Å². The molecule has 1 unspecified atom stereocenters. The number of hydrogen-bond acceptors (Lipinski definition) is 4. The Labute approximate surface area is 56.7 Å². The molecule has 1 atom stereocenters. The summed E-state index contributed by atoms with van der Waals surface area (Å²) in [5.41, 5.74) is -0.500. The molecule has 1 heterocycles. The van der Waals surface area contributed by atoms with Gasteiger partial charge in [0.2, 0.25) is 0 Å². The molecule has 0 fully saturated rings. The van der Waals surface area contributed by atoms with E-state index in [1.54, 1.807) is 0 Å². The summed E-state index contributed by atoms with van der Waals surface area (Å²) >= 11 is 1.32. The summed E-state index contributed by atoms with van der Waals surface area (Å²) in [6, 6.07) is 0. The van der Waals surface area contributed by atoms with Crippen molar-refractivity contribution in [3.05, 3.63) is 11.8 Å². The molecule has 0 spiro atoms. The fraction of sp³-hybridized carbons (Fsp3) is 0.400. The fourth-order valence-electron chi connectivity index (χ4n) is 0.558. The van der Waals surface area contributed by atoms with E-state index < -0.39 is 5.44 Å². The summed E-state index contributed by atoms with van der Waals surface area (Å²) in [5.74, 6) is 1.13. The van der Waals surface area contributed by atoms with E-state index in [1.807, 2.05) is 0 Å². The maximum Gasteiger partial charge on any atom is 0.298 e. The maximum absolute atomic E-state index is 9.71. The van der Waals surface area contributed by atoms with Crippen LogP contribution in [0.15, 0.2) is 11.8 Å². The molecular formula is C5H6O3S. The van der Waals surface area contributed by atoms with Crippen molar-refractivity contribution in [1.82, 2.24) is 0 Å². The van der Waals surface area contributed by atoms with Gasteiger partial charge in [-0.2, -0.15) is 0 Å². The van der Waals surface area contributed by atoms with Crippen molar-refractivity contribution in [2.75, 3.05) is 5.75 Å². The lowest BCUT2D eigenvalue weighted by atomic mass is 10.5. The molecule has 0 aromatic carbocycles. The quantitative estimate of drug-likeness (QED) is 0.561. The second kappa shape index (κ2) is 2.89. The van der Waals surface area contributed by atoms with Crippen LogP contribution in [0.25, 0.3) is 0 Å². The molecule has 1 aliphatic heterocycles. The van der Waals surface area contributed by atoms with Crippen LogP contribution in [0.1, 0.15) is 0 Å². The largest absolute Gasteiger partial charge is 0.433 e. The van der Waals surface area contributed by atoms with E-state index in [1.165, 1.54) is 17.8 Å². The second-order valence-electron chi connectivity index (χ2n) is 1.55. The smallest absolute Gasteiger partial charge is 0.298 e. The predicted octanol–water partition coefficient (Wildman–Crippen LogP) is 0.108. The van der Waals surface area contributed by atoms with Gasteiger partial charge < -0.3 is 9.84 Å². The Kier molecular flexibility index (Phi) is 2.13. The van der Waals surface area contributed by atoms with Gasteiger partial charge in [-0.25, -0.2) is 0 Å². The topological polar surface area (TPSA) is 46.5 Å². The van der Waals surface area contributed by atoms with Crippen LogP contribution in [-0.2, 0) is 9.53 Å². The molecule has 1 rings (SSSR count). The molecule has 4 heteroatoms. The third kappa shape index (κ3) is 1.73. The molecule has 0 aromatic rings. The number of hydrogen-bond donors (Lipinski definition) is 1. The second-order valence-corrected chi connectivity index (χ2v) is 2.65. The molecule has 0 aromatic heterocycles. The molecule has 0 aliphatic carbocycles. The standard InChI is InChI=1S/C5H6O3S/c6-3-8-4-1-5(7)9-2-4/h1,3,5,7H,2H2. The van der Waals surface area contributed by atoms with Gasteiger partial charge in [0.05, 0.1) is 5.75 Å². The maximum atomic E-state index is 9.71. The lowest BCUT2D eigenvalue weighted by Crippen LogP contribution is -1.88. The molecule has 0 amide bonds. The average Bonchev–Trinajstić information content (AvgIpc) is 2.17. The van der Waals surface area contributed by atoms with Gasteiger partial charge in [0, 0.05) is 0 Å². The van der Waals surface area contributed by atoms with Crippen molar-refractivity contribution in [3.8, 4) is 0 Å².